The first-order valence-corrected chi connectivity index (χ1v) is 8.80. The second kappa shape index (κ2) is 7.92. The summed E-state index contributed by atoms with van der Waals surface area (Å²) in [7, 11) is 0. The van der Waals surface area contributed by atoms with Crippen LogP contribution in [0.4, 0.5) is 0 Å². The van der Waals surface area contributed by atoms with Crippen LogP contribution in [0.3, 0.4) is 0 Å². The number of nitrogens with zero attached hydrogens (tertiary/aromatic N) is 4. The van der Waals surface area contributed by atoms with Crippen molar-refractivity contribution in [3.63, 3.8) is 0 Å². The molecule has 1 aliphatic rings. The van der Waals surface area contributed by atoms with Crippen LogP contribution >= 0.6 is 0 Å². The summed E-state index contributed by atoms with van der Waals surface area (Å²) in [5.41, 5.74) is 1.30. The van der Waals surface area contributed by atoms with Gasteiger partial charge in [-0.25, -0.2) is 4.98 Å². The van der Waals surface area contributed by atoms with Crippen molar-refractivity contribution in [3.05, 3.63) is 54.1 Å². The maximum absolute atomic E-state index is 10.4. The van der Waals surface area contributed by atoms with Gasteiger partial charge in [0.25, 0.3) is 0 Å². The largest absolute Gasteiger partial charge is 0.390 e. The van der Waals surface area contributed by atoms with Gasteiger partial charge in [0.05, 0.1) is 12.6 Å². The highest BCUT2D eigenvalue weighted by molar-refractivity contribution is 5.14. The summed E-state index contributed by atoms with van der Waals surface area (Å²) in [6.45, 7) is 9.38. The van der Waals surface area contributed by atoms with Gasteiger partial charge in [0.2, 0.25) is 0 Å². The Morgan fingerprint density at radius 1 is 1.08 bits per heavy atom. The summed E-state index contributed by atoms with van der Waals surface area (Å²) in [6, 6.07) is 10.9. The van der Waals surface area contributed by atoms with Crippen molar-refractivity contribution in [2.75, 3.05) is 26.2 Å². The van der Waals surface area contributed by atoms with Crippen LogP contribution in [0, 0.1) is 0 Å². The quantitative estimate of drug-likeness (QED) is 0.913. The van der Waals surface area contributed by atoms with Crippen molar-refractivity contribution < 1.29 is 5.11 Å². The second-order valence-electron chi connectivity index (χ2n) is 6.95. The molecule has 1 aromatic carbocycles. The van der Waals surface area contributed by atoms with E-state index in [0.717, 1.165) is 38.5 Å². The van der Waals surface area contributed by atoms with E-state index < -0.39 is 0 Å². The van der Waals surface area contributed by atoms with E-state index in [1.54, 1.807) is 0 Å². The third-order valence-electron chi connectivity index (χ3n) is 4.59. The summed E-state index contributed by atoms with van der Waals surface area (Å²) >= 11 is 0. The van der Waals surface area contributed by atoms with Crippen LogP contribution < -0.4 is 0 Å². The van der Waals surface area contributed by atoms with Gasteiger partial charge in [0.15, 0.2) is 0 Å². The minimum absolute atomic E-state index is 0.321. The molecule has 24 heavy (non-hydrogen) atoms. The molecule has 1 N–H and O–H groups in total. The molecule has 0 radical (unpaired) electrons. The number of imidazole rings is 1. The molecule has 0 bridgehead atoms. The summed E-state index contributed by atoms with van der Waals surface area (Å²) in [5.74, 6) is 1.08. The van der Waals surface area contributed by atoms with Crippen molar-refractivity contribution in [2.45, 2.75) is 39.1 Å². The van der Waals surface area contributed by atoms with Crippen LogP contribution in [-0.4, -0.2) is 56.7 Å². The third kappa shape index (κ3) is 4.44. The van der Waals surface area contributed by atoms with E-state index in [0.29, 0.717) is 12.6 Å². The first-order valence-electron chi connectivity index (χ1n) is 8.80. The van der Waals surface area contributed by atoms with Crippen molar-refractivity contribution in [2.24, 2.45) is 0 Å². The van der Waals surface area contributed by atoms with Gasteiger partial charge in [-0.2, -0.15) is 0 Å². The molecule has 130 valence electrons. The molecule has 1 aromatic heterocycles. The van der Waals surface area contributed by atoms with Gasteiger partial charge >= 0.3 is 0 Å². The van der Waals surface area contributed by atoms with Crippen molar-refractivity contribution in [1.29, 1.82) is 0 Å². The molecule has 0 saturated carbocycles. The van der Waals surface area contributed by atoms with E-state index in [2.05, 4.69) is 57.5 Å². The number of rotatable bonds is 5. The van der Waals surface area contributed by atoms with Crippen LogP contribution in [0.25, 0.3) is 0 Å². The van der Waals surface area contributed by atoms with Gasteiger partial charge in [0.1, 0.15) is 5.82 Å². The minimum Gasteiger partial charge on any atom is -0.390 e. The van der Waals surface area contributed by atoms with E-state index in [4.69, 9.17) is 0 Å². The molecule has 1 atom stereocenters. The lowest BCUT2D eigenvalue weighted by Crippen LogP contribution is -2.33. The zero-order valence-electron chi connectivity index (χ0n) is 14.7. The number of benzene rings is 1. The monoisotopic (exact) mass is 328 g/mol. The van der Waals surface area contributed by atoms with Crippen LogP contribution in [-0.2, 0) is 13.1 Å². The Labute approximate surface area is 144 Å². The zero-order valence-corrected chi connectivity index (χ0v) is 14.7. The molecule has 1 fully saturated rings. The van der Waals surface area contributed by atoms with Gasteiger partial charge < -0.3 is 9.67 Å². The standard InChI is InChI=1S/C19H28N4O/c1-16(2)23-9-8-20-19(23)15-22-11-10-21(13-18(24)14-22)12-17-6-4-3-5-7-17/h3-9,16,18,24H,10-15H2,1-2H3/t18-/m1/s1. The fourth-order valence-electron chi connectivity index (χ4n) is 3.38. The Balaban J connectivity index is 1.61. The average Bonchev–Trinajstić information content (AvgIpc) is 2.94. The predicted molar refractivity (Wildman–Crippen MR) is 95.6 cm³/mol. The minimum atomic E-state index is -0.321. The van der Waals surface area contributed by atoms with E-state index in [1.807, 2.05) is 18.5 Å². The van der Waals surface area contributed by atoms with Gasteiger partial charge in [-0.05, 0) is 19.4 Å². The molecule has 5 heteroatoms. The van der Waals surface area contributed by atoms with Crippen LogP contribution in [0.2, 0.25) is 0 Å². The smallest absolute Gasteiger partial charge is 0.123 e. The maximum Gasteiger partial charge on any atom is 0.123 e. The van der Waals surface area contributed by atoms with Crippen LogP contribution in [0.5, 0.6) is 0 Å². The predicted octanol–water partition coefficient (Wildman–Crippen LogP) is 2.14. The normalized spacial score (nSPS) is 20.4. The SMILES string of the molecule is CC(C)n1ccnc1CN1CCN(Cc2ccccc2)C[C@@H](O)C1. The topological polar surface area (TPSA) is 44.5 Å². The van der Waals surface area contributed by atoms with Crippen LogP contribution in [0.1, 0.15) is 31.3 Å². The van der Waals surface area contributed by atoms with E-state index in [-0.39, 0.29) is 6.10 Å². The molecular formula is C19H28N4O. The Bertz CT molecular complexity index is 625. The Kier molecular flexibility index (Phi) is 5.66. The van der Waals surface area contributed by atoms with Crippen molar-refractivity contribution in [1.82, 2.24) is 19.4 Å². The van der Waals surface area contributed by atoms with E-state index in [9.17, 15) is 5.11 Å². The average molecular weight is 328 g/mol. The first-order chi connectivity index (χ1) is 11.6. The fraction of sp³-hybridized carbons (Fsp3) is 0.526. The summed E-state index contributed by atoms with van der Waals surface area (Å²) in [6.07, 6.45) is 3.58. The highest BCUT2D eigenvalue weighted by Crippen LogP contribution is 2.14. The van der Waals surface area contributed by atoms with E-state index in [1.165, 1.54) is 5.56 Å². The summed E-state index contributed by atoms with van der Waals surface area (Å²) in [5, 5.41) is 10.4. The molecule has 0 unspecified atom stereocenters. The van der Waals surface area contributed by atoms with E-state index >= 15 is 0 Å². The molecule has 0 amide bonds. The molecule has 3 rings (SSSR count). The first kappa shape index (κ1) is 17.1. The molecule has 1 aliphatic heterocycles. The molecule has 1 saturated heterocycles. The molecule has 2 heterocycles. The maximum atomic E-state index is 10.4. The second-order valence-corrected chi connectivity index (χ2v) is 6.95. The molecule has 0 aliphatic carbocycles. The summed E-state index contributed by atoms with van der Waals surface area (Å²) < 4.78 is 2.21. The summed E-state index contributed by atoms with van der Waals surface area (Å²) in [4.78, 5) is 9.16. The van der Waals surface area contributed by atoms with Crippen LogP contribution in [0.15, 0.2) is 42.7 Å². The molecule has 0 spiro atoms. The van der Waals surface area contributed by atoms with Crippen molar-refractivity contribution >= 4 is 0 Å². The number of aromatic nitrogens is 2. The Morgan fingerprint density at radius 2 is 1.75 bits per heavy atom. The number of aliphatic hydroxyl groups is 1. The Morgan fingerprint density at radius 3 is 2.42 bits per heavy atom. The lowest BCUT2D eigenvalue weighted by atomic mass is 10.2. The number of aliphatic hydroxyl groups excluding tert-OH is 1. The zero-order chi connectivity index (χ0) is 16.9. The van der Waals surface area contributed by atoms with Crippen molar-refractivity contribution in [3.8, 4) is 0 Å². The van der Waals surface area contributed by atoms with Gasteiger partial charge in [0, 0.05) is 51.2 Å². The molecular weight excluding hydrogens is 300 g/mol. The highest BCUT2D eigenvalue weighted by atomic mass is 16.3. The number of β-amino-alcohol motifs (C(OH)–C–C–N with tert-alkyl or cyclic N) is 1. The highest BCUT2D eigenvalue weighted by Gasteiger charge is 2.22. The molecule has 2 aromatic rings. The van der Waals surface area contributed by atoms with Gasteiger partial charge in [-0.1, -0.05) is 30.3 Å². The lowest BCUT2D eigenvalue weighted by molar-refractivity contribution is 0.105. The molecule has 5 nitrogen and oxygen atoms in total. The number of hydrogen-bond donors (Lipinski definition) is 1. The lowest BCUT2D eigenvalue weighted by Gasteiger charge is -2.22. The van der Waals surface area contributed by atoms with Gasteiger partial charge in [-0.15, -0.1) is 0 Å². The van der Waals surface area contributed by atoms with Gasteiger partial charge in [-0.3, -0.25) is 9.80 Å². The third-order valence-corrected chi connectivity index (χ3v) is 4.59. The fourth-order valence-corrected chi connectivity index (χ4v) is 3.38. The number of hydrogen-bond acceptors (Lipinski definition) is 4. The Hall–Kier alpha value is -1.69.